The number of hydrogen-bond acceptors (Lipinski definition) is 8. The minimum absolute atomic E-state index is 0.0259. The zero-order valence-electron chi connectivity index (χ0n) is 20.8. The number of furan rings is 1. The van der Waals surface area contributed by atoms with E-state index in [1.54, 1.807) is 30.5 Å². The topological polar surface area (TPSA) is 120 Å². The van der Waals surface area contributed by atoms with Crippen molar-refractivity contribution >= 4 is 22.6 Å². The second-order valence-electron chi connectivity index (χ2n) is 8.56. The lowest BCUT2D eigenvalue weighted by atomic mass is 9.81. The fourth-order valence-corrected chi connectivity index (χ4v) is 4.42. The van der Waals surface area contributed by atoms with Crippen LogP contribution in [0.4, 0.5) is 5.69 Å². The van der Waals surface area contributed by atoms with Gasteiger partial charge in [0.05, 0.1) is 38.4 Å². The van der Waals surface area contributed by atoms with Gasteiger partial charge in [-0.05, 0) is 37.6 Å². The third kappa shape index (κ3) is 6.69. The highest BCUT2D eigenvalue weighted by molar-refractivity contribution is 6.03. The van der Waals surface area contributed by atoms with Gasteiger partial charge in [0, 0.05) is 36.0 Å². The number of ether oxygens (including phenoxy) is 4. The lowest BCUT2D eigenvalue weighted by Gasteiger charge is -2.36. The largest absolute Gasteiger partial charge is 0.506 e. The molecule has 3 aromatic rings. The van der Waals surface area contributed by atoms with Crippen molar-refractivity contribution in [3.8, 4) is 5.75 Å². The molecule has 2 aromatic carbocycles. The van der Waals surface area contributed by atoms with E-state index in [0.29, 0.717) is 32.8 Å². The maximum Gasteiger partial charge on any atom is 0.290 e. The first-order chi connectivity index (χ1) is 18.1. The van der Waals surface area contributed by atoms with Crippen LogP contribution in [0.2, 0.25) is 0 Å². The van der Waals surface area contributed by atoms with Crippen LogP contribution in [-0.2, 0) is 23.7 Å². The molecule has 1 amide bonds. The van der Waals surface area contributed by atoms with Crippen molar-refractivity contribution in [2.24, 2.45) is 5.92 Å². The van der Waals surface area contributed by atoms with Crippen LogP contribution in [-0.4, -0.2) is 62.1 Å². The molecule has 0 aliphatic carbocycles. The van der Waals surface area contributed by atoms with Gasteiger partial charge in [0.25, 0.3) is 5.91 Å². The number of carbonyl (C=O) groups is 1. The predicted octanol–water partition coefficient (Wildman–Crippen LogP) is 4.17. The van der Waals surface area contributed by atoms with Crippen LogP contribution in [0.5, 0.6) is 5.75 Å². The van der Waals surface area contributed by atoms with E-state index in [1.165, 1.54) is 6.07 Å². The summed E-state index contributed by atoms with van der Waals surface area (Å²) in [6, 6.07) is 14.3. The summed E-state index contributed by atoms with van der Waals surface area (Å²) in [6.07, 6.45) is 3.40. The molecular weight excluding hydrogens is 478 g/mol. The van der Waals surface area contributed by atoms with Crippen LogP contribution >= 0.6 is 0 Å². The number of phenols is 1. The molecule has 0 spiro atoms. The van der Waals surface area contributed by atoms with Crippen LogP contribution in [0, 0.1) is 5.92 Å². The van der Waals surface area contributed by atoms with Crippen molar-refractivity contribution in [2.75, 3.05) is 45.0 Å². The number of rotatable bonds is 13. The molecule has 0 bridgehead atoms. The van der Waals surface area contributed by atoms with Gasteiger partial charge in [-0.3, -0.25) is 4.79 Å². The Morgan fingerprint density at radius 3 is 2.57 bits per heavy atom. The number of para-hydroxylation sites is 3. The summed E-state index contributed by atoms with van der Waals surface area (Å²) in [4.78, 5) is 13.2. The molecule has 0 saturated heterocycles. The molecule has 9 nitrogen and oxygen atoms in total. The molecule has 0 radical (unpaired) electrons. The third-order valence-electron chi connectivity index (χ3n) is 6.17. The summed E-state index contributed by atoms with van der Waals surface area (Å²) in [5, 5.41) is 22.6. The SMILES string of the molecule is CCO[C@@H]1OC(C(=O)Nc2ccccc2O)=C[C@H](c2coc3ccccc23)[C@H]1CCOCCOCCO. The Labute approximate surface area is 215 Å². The van der Waals surface area contributed by atoms with Crippen LogP contribution in [0.3, 0.4) is 0 Å². The highest BCUT2D eigenvalue weighted by Gasteiger charge is 2.39. The normalized spacial score (nSPS) is 19.4. The number of nitrogens with one attached hydrogen (secondary N) is 1. The fourth-order valence-electron chi connectivity index (χ4n) is 4.42. The summed E-state index contributed by atoms with van der Waals surface area (Å²) in [5.74, 6) is -0.843. The van der Waals surface area contributed by atoms with Crippen molar-refractivity contribution < 1.29 is 38.4 Å². The van der Waals surface area contributed by atoms with E-state index >= 15 is 0 Å². The Hall–Kier alpha value is -3.37. The smallest absolute Gasteiger partial charge is 0.290 e. The Balaban J connectivity index is 1.59. The number of benzene rings is 2. The average Bonchev–Trinajstić information content (AvgIpc) is 3.34. The van der Waals surface area contributed by atoms with Gasteiger partial charge >= 0.3 is 0 Å². The highest BCUT2D eigenvalue weighted by atomic mass is 16.7. The second kappa shape index (κ2) is 13.3. The first-order valence-corrected chi connectivity index (χ1v) is 12.4. The molecule has 2 heterocycles. The minimum atomic E-state index is -0.701. The van der Waals surface area contributed by atoms with Crippen molar-refractivity contribution in [3.63, 3.8) is 0 Å². The highest BCUT2D eigenvalue weighted by Crippen LogP contribution is 2.42. The number of allylic oxidation sites excluding steroid dienone is 1. The number of aliphatic hydroxyl groups is 1. The molecule has 9 heteroatoms. The molecule has 4 rings (SSSR count). The molecule has 1 aliphatic heterocycles. The second-order valence-corrected chi connectivity index (χ2v) is 8.56. The molecule has 0 saturated carbocycles. The van der Waals surface area contributed by atoms with E-state index in [2.05, 4.69) is 5.32 Å². The molecule has 3 atom stereocenters. The zero-order chi connectivity index (χ0) is 26.0. The van der Waals surface area contributed by atoms with Gasteiger partial charge in [-0.25, -0.2) is 0 Å². The number of phenolic OH excluding ortho intramolecular Hbond substituents is 1. The maximum atomic E-state index is 13.2. The van der Waals surface area contributed by atoms with Gasteiger partial charge in [0.15, 0.2) is 5.76 Å². The molecule has 0 fully saturated rings. The van der Waals surface area contributed by atoms with Crippen molar-refractivity contribution in [1.82, 2.24) is 0 Å². The molecule has 3 N–H and O–H groups in total. The van der Waals surface area contributed by atoms with E-state index < -0.39 is 12.2 Å². The Bertz CT molecular complexity index is 1190. The molecule has 1 aromatic heterocycles. The Morgan fingerprint density at radius 1 is 1.03 bits per heavy atom. The Morgan fingerprint density at radius 2 is 1.78 bits per heavy atom. The predicted molar refractivity (Wildman–Crippen MR) is 137 cm³/mol. The number of carbonyl (C=O) groups excluding carboxylic acids is 1. The summed E-state index contributed by atoms with van der Waals surface area (Å²) >= 11 is 0. The summed E-state index contributed by atoms with van der Waals surface area (Å²) in [5.41, 5.74) is 1.96. The quantitative estimate of drug-likeness (QED) is 0.231. The first kappa shape index (κ1) is 26.7. The van der Waals surface area contributed by atoms with Crippen molar-refractivity contribution in [3.05, 3.63) is 72.2 Å². The maximum absolute atomic E-state index is 13.2. The van der Waals surface area contributed by atoms with Gasteiger partial charge in [-0.1, -0.05) is 30.3 Å². The lowest BCUT2D eigenvalue weighted by Crippen LogP contribution is -2.38. The van der Waals surface area contributed by atoms with E-state index in [1.807, 2.05) is 31.2 Å². The molecule has 0 unspecified atom stereocenters. The number of anilines is 1. The van der Waals surface area contributed by atoms with E-state index in [0.717, 1.165) is 16.5 Å². The van der Waals surface area contributed by atoms with E-state index in [4.69, 9.17) is 28.5 Å². The van der Waals surface area contributed by atoms with Gasteiger partial charge < -0.3 is 38.9 Å². The summed E-state index contributed by atoms with van der Waals surface area (Å²) in [7, 11) is 0. The van der Waals surface area contributed by atoms with Crippen LogP contribution in [0.25, 0.3) is 11.0 Å². The number of aliphatic hydroxyl groups excluding tert-OH is 1. The van der Waals surface area contributed by atoms with Crippen molar-refractivity contribution in [1.29, 1.82) is 0 Å². The van der Waals surface area contributed by atoms with Gasteiger partial charge in [0.1, 0.15) is 11.3 Å². The standard InChI is InChI=1S/C28H33NO8/c1-2-35-28-20(11-13-33-15-16-34-14-12-30)21(22-18-36-25-10-6-3-7-19(22)25)17-26(37-28)27(32)29-23-8-4-5-9-24(23)31/h3-10,17-18,20-21,28,30-31H,2,11-16H2,1H3,(H,29,32)/t20-,21+,28-/m1/s1. The van der Waals surface area contributed by atoms with Gasteiger partial charge in [-0.15, -0.1) is 0 Å². The lowest BCUT2D eigenvalue weighted by molar-refractivity contribution is -0.166. The van der Waals surface area contributed by atoms with Crippen LogP contribution < -0.4 is 5.32 Å². The molecule has 1 aliphatic rings. The average molecular weight is 512 g/mol. The van der Waals surface area contributed by atoms with Gasteiger partial charge in [-0.2, -0.15) is 0 Å². The third-order valence-corrected chi connectivity index (χ3v) is 6.17. The Kier molecular flexibility index (Phi) is 9.56. The van der Waals surface area contributed by atoms with Crippen LogP contribution in [0.1, 0.15) is 24.8 Å². The summed E-state index contributed by atoms with van der Waals surface area (Å²) < 4.78 is 28.9. The number of aromatic hydroxyl groups is 1. The van der Waals surface area contributed by atoms with Crippen LogP contribution in [0.15, 0.2) is 71.0 Å². The van der Waals surface area contributed by atoms with Gasteiger partial charge in [0.2, 0.25) is 6.29 Å². The fraction of sp³-hybridized carbons (Fsp3) is 0.393. The number of amides is 1. The summed E-state index contributed by atoms with van der Waals surface area (Å²) in [6.45, 7) is 3.74. The molecule has 198 valence electrons. The number of fused-ring (bicyclic) bond motifs is 1. The molecule has 37 heavy (non-hydrogen) atoms. The van der Waals surface area contributed by atoms with Crippen molar-refractivity contribution in [2.45, 2.75) is 25.6 Å². The van der Waals surface area contributed by atoms with E-state index in [9.17, 15) is 9.90 Å². The molecular formula is C28H33NO8. The first-order valence-electron chi connectivity index (χ1n) is 12.4. The monoisotopic (exact) mass is 511 g/mol. The van der Waals surface area contributed by atoms with E-state index in [-0.39, 0.29) is 42.2 Å². The number of hydrogen-bond donors (Lipinski definition) is 3. The minimum Gasteiger partial charge on any atom is -0.506 e. The zero-order valence-corrected chi connectivity index (χ0v) is 20.8.